The minimum absolute atomic E-state index is 0.126. The Morgan fingerprint density at radius 3 is 2.55 bits per heavy atom. The highest BCUT2D eigenvalue weighted by Crippen LogP contribution is 2.39. The third-order valence-corrected chi connectivity index (χ3v) is 5.94. The maximum atomic E-state index is 14.7. The van der Waals surface area contributed by atoms with Gasteiger partial charge >= 0.3 is 0 Å². The van der Waals surface area contributed by atoms with Gasteiger partial charge in [0.15, 0.2) is 17.8 Å². The molecule has 0 spiro atoms. The lowest BCUT2D eigenvalue weighted by Gasteiger charge is -2.18. The molecule has 0 aliphatic heterocycles. The zero-order valence-electron chi connectivity index (χ0n) is 17.1. The van der Waals surface area contributed by atoms with Crippen molar-refractivity contribution in [2.45, 2.75) is 32.8 Å². The number of rotatable bonds is 6. The van der Waals surface area contributed by atoms with Crippen LogP contribution in [0.5, 0.6) is 0 Å². The standard InChI is InChI=1S/C22H20F2N4O2S/c1-4-14-10-28-19(25-14)6-5-18(27-28)26-21-12(11-29)7-17(31-21)20-15(23)8-13(9-16(20)24)22(2,3)30/h5-11,30H,4H2,1-3H3,(H,26,27). The quantitative estimate of drug-likeness (QED) is 0.407. The number of aliphatic hydroxyl groups is 1. The number of nitrogens with zero attached hydrogens (tertiary/aromatic N) is 3. The highest BCUT2D eigenvalue weighted by molar-refractivity contribution is 7.19. The molecule has 31 heavy (non-hydrogen) atoms. The van der Waals surface area contributed by atoms with E-state index in [4.69, 9.17) is 0 Å². The Labute approximate surface area is 181 Å². The summed E-state index contributed by atoms with van der Waals surface area (Å²) in [6.07, 6.45) is 3.21. The molecule has 2 N–H and O–H groups in total. The van der Waals surface area contributed by atoms with Crippen LogP contribution in [0.3, 0.4) is 0 Å². The zero-order chi connectivity index (χ0) is 22.3. The van der Waals surface area contributed by atoms with E-state index in [1.165, 1.54) is 19.9 Å². The number of hydrogen-bond acceptors (Lipinski definition) is 6. The first-order valence-electron chi connectivity index (χ1n) is 9.63. The van der Waals surface area contributed by atoms with E-state index < -0.39 is 17.2 Å². The SMILES string of the molecule is CCc1cn2nc(Nc3sc(-c4c(F)cc(C(C)(C)O)cc4F)cc3C=O)ccc2n1. The van der Waals surface area contributed by atoms with Crippen molar-refractivity contribution in [1.29, 1.82) is 0 Å². The Bertz CT molecular complexity index is 1270. The predicted molar refractivity (Wildman–Crippen MR) is 116 cm³/mol. The molecule has 1 aromatic carbocycles. The van der Waals surface area contributed by atoms with E-state index in [-0.39, 0.29) is 21.6 Å². The van der Waals surface area contributed by atoms with Crippen molar-refractivity contribution in [3.05, 3.63) is 65.0 Å². The average molecular weight is 442 g/mol. The Morgan fingerprint density at radius 1 is 1.23 bits per heavy atom. The summed E-state index contributed by atoms with van der Waals surface area (Å²) in [5, 5.41) is 17.9. The van der Waals surface area contributed by atoms with Crippen molar-refractivity contribution >= 4 is 34.1 Å². The third kappa shape index (κ3) is 4.06. The van der Waals surface area contributed by atoms with Crippen molar-refractivity contribution in [1.82, 2.24) is 14.6 Å². The third-order valence-electron chi connectivity index (χ3n) is 4.86. The van der Waals surface area contributed by atoms with Gasteiger partial charge in [-0.1, -0.05) is 6.92 Å². The lowest BCUT2D eigenvalue weighted by molar-refractivity contribution is 0.0779. The maximum Gasteiger partial charge on any atom is 0.153 e. The molecule has 160 valence electrons. The summed E-state index contributed by atoms with van der Waals surface area (Å²) >= 11 is 1.04. The Balaban J connectivity index is 1.71. The van der Waals surface area contributed by atoms with Gasteiger partial charge in [0.25, 0.3) is 0 Å². The number of aldehydes is 1. The van der Waals surface area contributed by atoms with Crippen LogP contribution in [0.25, 0.3) is 16.1 Å². The minimum Gasteiger partial charge on any atom is -0.386 e. The number of carbonyl (C=O) groups excluding carboxylic acids is 1. The molecule has 9 heteroatoms. The van der Waals surface area contributed by atoms with Crippen LogP contribution in [-0.2, 0) is 12.0 Å². The van der Waals surface area contributed by atoms with Crippen LogP contribution in [0.4, 0.5) is 19.6 Å². The molecular formula is C22H20F2N4O2S. The summed E-state index contributed by atoms with van der Waals surface area (Å²) in [7, 11) is 0. The van der Waals surface area contributed by atoms with E-state index in [0.29, 0.717) is 22.8 Å². The molecule has 0 unspecified atom stereocenters. The van der Waals surface area contributed by atoms with E-state index in [1.54, 1.807) is 16.6 Å². The largest absolute Gasteiger partial charge is 0.386 e. The molecule has 0 saturated heterocycles. The van der Waals surface area contributed by atoms with Gasteiger partial charge in [-0.25, -0.2) is 18.3 Å². The number of carbonyl (C=O) groups is 1. The lowest BCUT2D eigenvalue weighted by Crippen LogP contribution is -2.16. The molecule has 0 aliphatic carbocycles. The molecule has 3 heterocycles. The van der Waals surface area contributed by atoms with E-state index in [0.717, 1.165) is 35.6 Å². The monoisotopic (exact) mass is 442 g/mol. The molecule has 0 atom stereocenters. The molecule has 0 aliphatic rings. The minimum atomic E-state index is -1.38. The fraction of sp³-hybridized carbons (Fsp3) is 0.227. The first-order chi connectivity index (χ1) is 14.7. The van der Waals surface area contributed by atoms with Crippen LogP contribution in [0.2, 0.25) is 0 Å². The number of hydrogen-bond donors (Lipinski definition) is 2. The summed E-state index contributed by atoms with van der Waals surface area (Å²) < 4.78 is 31.1. The van der Waals surface area contributed by atoms with Gasteiger partial charge in [-0.05, 0) is 56.2 Å². The first kappa shape index (κ1) is 21.1. The van der Waals surface area contributed by atoms with E-state index >= 15 is 0 Å². The number of anilines is 2. The Morgan fingerprint density at radius 2 is 1.94 bits per heavy atom. The van der Waals surface area contributed by atoms with Crippen LogP contribution in [-0.4, -0.2) is 26.0 Å². The number of imidazole rings is 1. The second-order valence-corrected chi connectivity index (χ2v) is 8.67. The van der Waals surface area contributed by atoms with Crippen molar-refractivity contribution in [2.24, 2.45) is 0 Å². The molecule has 4 rings (SSSR count). The van der Waals surface area contributed by atoms with E-state index in [1.807, 2.05) is 13.1 Å². The van der Waals surface area contributed by atoms with Gasteiger partial charge in [0.1, 0.15) is 16.6 Å². The first-order valence-corrected chi connectivity index (χ1v) is 10.4. The van der Waals surface area contributed by atoms with Gasteiger partial charge in [0.05, 0.1) is 23.1 Å². The maximum absolute atomic E-state index is 14.7. The fourth-order valence-corrected chi connectivity index (χ4v) is 4.24. The van der Waals surface area contributed by atoms with Crippen molar-refractivity contribution in [2.75, 3.05) is 5.32 Å². The summed E-state index contributed by atoms with van der Waals surface area (Å²) in [5.41, 5.74) is 0.344. The molecular weight excluding hydrogens is 422 g/mol. The number of benzene rings is 1. The Hall–Kier alpha value is -3.17. The number of fused-ring (bicyclic) bond motifs is 1. The molecule has 4 aromatic rings. The van der Waals surface area contributed by atoms with E-state index in [2.05, 4.69) is 15.4 Å². The molecule has 0 radical (unpaired) electrons. The van der Waals surface area contributed by atoms with Crippen LogP contribution in [0, 0.1) is 11.6 Å². The molecule has 0 amide bonds. The van der Waals surface area contributed by atoms with Crippen LogP contribution < -0.4 is 5.32 Å². The molecule has 0 bridgehead atoms. The summed E-state index contributed by atoms with van der Waals surface area (Å²) in [5.74, 6) is -1.16. The summed E-state index contributed by atoms with van der Waals surface area (Å²) in [4.78, 5) is 16.3. The lowest BCUT2D eigenvalue weighted by atomic mass is 9.96. The van der Waals surface area contributed by atoms with Gasteiger partial charge in [0, 0.05) is 10.4 Å². The summed E-state index contributed by atoms with van der Waals surface area (Å²) in [6.45, 7) is 4.90. The summed E-state index contributed by atoms with van der Waals surface area (Å²) in [6, 6.07) is 7.14. The van der Waals surface area contributed by atoms with Gasteiger partial charge in [-0.15, -0.1) is 16.4 Å². The average Bonchev–Trinajstić information content (AvgIpc) is 3.30. The second-order valence-electron chi connectivity index (χ2n) is 7.62. The van der Waals surface area contributed by atoms with Crippen LogP contribution in [0.1, 0.15) is 42.4 Å². The van der Waals surface area contributed by atoms with Gasteiger partial charge < -0.3 is 10.4 Å². The highest BCUT2D eigenvalue weighted by Gasteiger charge is 2.23. The number of aryl methyl sites for hydroxylation is 1. The fourth-order valence-electron chi connectivity index (χ4n) is 3.16. The molecule has 0 fully saturated rings. The van der Waals surface area contributed by atoms with Crippen molar-refractivity contribution in [3.63, 3.8) is 0 Å². The van der Waals surface area contributed by atoms with Crippen LogP contribution >= 0.6 is 11.3 Å². The predicted octanol–water partition coefficient (Wildman–Crippen LogP) is 5.08. The number of thiophene rings is 1. The van der Waals surface area contributed by atoms with Gasteiger partial charge in [-0.3, -0.25) is 4.79 Å². The normalized spacial score (nSPS) is 11.8. The zero-order valence-corrected chi connectivity index (χ0v) is 17.9. The van der Waals surface area contributed by atoms with Crippen LogP contribution in [0.15, 0.2) is 36.5 Å². The Kier molecular flexibility index (Phi) is 5.32. The number of nitrogens with one attached hydrogen (secondary N) is 1. The van der Waals surface area contributed by atoms with Gasteiger partial charge in [0.2, 0.25) is 0 Å². The highest BCUT2D eigenvalue weighted by atomic mass is 32.1. The number of aromatic nitrogens is 3. The second kappa shape index (κ2) is 7.82. The topological polar surface area (TPSA) is 79.5 Å². The number of halogens is 2. The molecule has 3 aromatic heterocycles. The van der Waals surface area contributed by atoms with Crippen molar-refractivity contribution in [3.8, 4) is 10.4 Å². The molecule has 6 nitrogen and oxygen atoms in total. The smallest absolute Gasteiger partial charge is 0.153 e. The van der Waals surface area contributed by atoms with E-state index in [9.17, 15) is 18.7 Å². The van der Waals surface area contributed by atoms with Crippen molar-refractivity contribution < 1.29 is 18.7 Å². The molecule has 0 saturated carbocycles. The van der Waals surface area contributed by atoms with Gasteiger partial charge in [-0.2, -0.15) is 0 Å².